The first-order valence-corrected chi connectivity index (χ1v) is 8.46. The maximum Gasteiger partial charge on any atom is 0.159 e. The van der Waals surface area contributed by atoms with Crippen molar-refractivity contribution in [1.29, 1.82) is 0 Å². The Morgan fingerprint density at radius 2 is 1.96 bits per heavy atom. The topological polar surface area (TPSA) is 71.8 Å². The summed E-state index contributed by atoms with van der Waals surface area (Å²) in [5.74, 6) is 7.69. The zero-order valence-electron chi connectivity index (χ0n) is 13.9. The van der Waals surface area contributed by atoms with Crippen LogP contribution in [0.2, 0.25) is 0 Å². The highest BCUT2D eigenvalue weighted by atomic mass is 16.7. The second kappa shape index (κ2) is 7.14. The van der Waals surface area contributed by atoms with Crippen molar-refractivity contribution in [3.8, 4) is 5.75 Å². The van der Waals surface area contributed by atoms with Gasteiger partial charge in [-0.15, -0.1) is 0 Å². The molecule has 130 valence electrons. The van der Waals surface area contributed by atoms with E-state index in [2.05, 4.69) is 35.0 Å². The van der Waals surface area contributed by atoms with Crippen LogP contribution in [0, 0.1) is 0 Å². The fourth-order valence-electron chi connectivity index (χ4n) is 2.97. The largest absolute Gasteiger partial charge is 0.489 e. The minimum Gasteiger partial charge on any atom is -0.489 e. The standard InChI is InChI=1S/C19H22N4O2/c20-23-22-12-17(25-23)11-21-19-10-18(19)15-6-8-16(9-7-15)24-13-14-4-2-1-3-5-14/h1-9,12,18-19,21-22H,10-11,13,20H2. The molecule has 0 spiro atoms. The summed E-state index contributed by atoms with van der Waals surface area (Å²) in [5, 5.41) is 4.57. The van der Waals surface area contributed by atoms with E-state index in [-0.39, 0.29) is 0 Å². The predicted octanol–water partition coefficient (Wildman–Crippen LogP) is 2.18. The highest BCUT2D eigenvalue weighted by Gasteiger charge is 2.38. The first-order valence-electron chi connectivity index (χ1n) is 8.46. The molecule has 25 heavy (non-hydrogen) atoms. The molecule has 1 saturated carbocycles. The van der Waals surface area contributed by atoms with Crippen LogP contribution in [0.5, 0.6) is 5.75 Å². The van der Waals surface area contributed by atoms with Gasteiger partial charge < -0.3 is 14.9 Å². The Hall–Kier alpha value is -2.54. The van der Waals surface area contributed by atoms with Crippen molar-refractivity contribution < 1.29 is 9.57 Å². The van der Waals surface area contributed by atoms with Crippen molar-refractivity contribution in [3.05, 3.63) is 77.7 Å². The normalized spacial score (nSPS) is 22.0. The van der Waals surface area contributed by atoms with Crippen LogP contribution < -0.4 is 21.3 Å². The smallest absolute Gasteiger partial charge is 0.159 e. The van der Waals surface area contributed by atoms with E-state index >= 15 is 0 Å². The van der Waals surface area contributed by atoms with Crippen LogP contribution in [0.1, 0.15) is 23.5 Å². The van der Waals surface area contributed by atoms with Gasteiger partial charge in [0.15, 0.2) is 5.76 Å². The second-order valence-electron chi connectivity index (χ2n) is 6.33. The predicted molar refractivity (Wildman–Crippen MR) is 94.7 cm³/mol. The Balaban J connectivity index is 1.24. The number of hydrogen-bond donors (Lipinski definition) is 3. The molecule has 2 aliphatic rings. The van der Waals surface area contributed by atoms with E-state index < -0.39 is 0 Å². The number of ether oxygens (including phenoxy) is 1. The zero-order valence-corrected chi connectivity index (χ0v) is 13.9. The maximum atomic E-state index is 5.84. The van der Waals surface area contributed by atoms with Crippen molar-refractivity contribution in [3.63, 3.8) is 0 Å². The Morgan fingerprint density at radius 1 is 1.16 bits per heavy atom. The molecular weight excluding hydrogens is 316 g/mol. The second-order valence-corrected chi connectivity index (χ2v) is 6.33. The molecule has 0 bridgehead atoms. The van der Waals surface area contributed by atoms with Gasteiger partial charge in [-0.05, 0) is 29.7 Å². The minimum atomic E-state index is 0.479. The summed E-state index contributed by atoms with van der Waals surface area (Å²) < 4.78 is 5.84. The zero-order chi connectivity index (χ0) is 17.1. The van der Waals surface area contributed by atoms with E-state index in [1.165, 1.54) is 11.1 Å². The first-order chi connectivity index (χ1) is 12.3. The van der Waals surface area contributed by atoms with Crippen LogP contribution in [0.25, 0.3) is 0 Å². The molecule has 2 aromatic rings. The third kappa shape index (κ3) is 4.11. The van der Waals surface area contributed by atoms with E-state index in [0.717, 1.165) is 23.2 Å². The van der Waals surface area contributed by atoms with Gasteiger partial charge in [0, 0.05) is 17.2 Å². The van der Waals surface area contributed by atoms with E-state index in [4.69, 9.17) is 15.4 Å². The number of hydrazine groups is 2. The first kappa shape index (κ1) is 16.0. The quantitative estimate of drug-likeness (QED) is 0.672. The fraction of sp³-hybridized carbons (Fsp3) is 0.263. The van der Waals surface area contributed by atoms with Gasteiger partial charge in [-0.2, -0.15) is 0 Å². The Kier molecular flexibility index (Phi) is 4.56. The van der Waals surface area contributed by atoms with Gasteiger partial charge in [-0.3, -0.25) is 5.43 Å². The molecule has 0 radical (unpaired) electrons. The molecule has 0 saturated heterocycles. The molecule has 6 heteroatoms. The number of nitrogens with two attached hydrogens (primary N) is 1. The molecule has 2 aromatic carbocycles. The molecule has 4 N–H and O–H groups in total. The lowest BCUT2D eigenvalue weighted by molar-refractivity contribution is -0.130. The molecule has 2 atom stereocenters. The third-order valence-corrected chi connectivity index (χ3v) is 4.45. The molecule has 6 nitrogen and oxygen atoms in total. The van der Waals surface area contributed by atoms with Crippen LogP contribution in [0.15, 0.2) is 66.6 Å². The number of benzene rings is 2. The molecule has 1 heterocycles. The van der Waals surface area contributed by atoms with Crippen molar-refractivity contribution in [2.75, 3.05) is 6.54 Å². The Labute approximate surface area is 147 Å². The summed E-state index contributed by atoms with van der Waals surface area (Å²) in [6.45, 7) is 1.26. The molecule has 1 aliphatic heterocycles. The van der Waals surface area contributed by atoms with Crippen molar-refractivity contribution in [2.24, 2.45) is 5.84 Å². The summed E-state index contributed by atoms with van der Waals surface area (Å²) in [4.78, 5) is 5.24. The van der Waals surface area contributed by atoms with E-state index in [1.807, 2.05) is 30.3 Å². The van der Waals surface area contributed by atoms with Crippen molar-refractivity contribution in [1.82, 2.24) is 16.0 Å². The van der Waals surface area contributed by atoms with E-state index in [0.29, 0.717) is 25.1 Å². The number of hydrogen-bond acceptors (Lipinski definition) is 6. The average Bonchev–Trinajstić information content (AvgIpc) is 3.32. The molecule has 1 aliphatic carbocycles. The van der Waals surface area contributed by atoms with Gasteiger partial charge in [0.25, 0.3) is 0 Å². The minimum absolute atomic E-state index is 0.479. The maximum absolute atomic E-state index is 5.84. The number of rotatable bonds is 7. The van der Waals surface area contributed by atoms with Crippen LogP contribution in [-0.4, -0.2) is 17.9 Å². The Morgan fingerprint density at radius 3 is 2.68 bits per heavy atom. The molecule has 2 unspecified atom stereocenters. The number of nitrogens with zero attached hydrogens (tertiary/aromatic N) is 1. The van der Waals surface area contributed by atoms with E-state index in [9.17, 15) is 0 Å². The van der Waals surface area contributed by atoms with Gasteiger partial charge in [0.05, 0.1) is 12.7 Å². The Bertz CT molecular complexity index is 733. The number of nitrogens with one attached hydrogen (secondary N) is 2. The summed E-state index contributed by atoms with van der Waals surface area (Å²) >= 11 is 0. The average molecular weight is 338 g/mol. The molecule has 1 fully saturated rings. The molecule has 0 amide bonds. The van der Waals surface area contributed by atoms with Crippen molar-refractivity contribution in [2.45, 2.75) is 25.0 Å². The summed E-state index contributed by atoms with van der Waals surface area (Å²) in [5.41, 5.74) is 5.27. The van der Waals surface area contributed by atoms with Gasteiger partial charge >= 0.3 is 0 Å². The monoisotopic (exact) mass is 338 g/mol. The summed E-state index contributed by atoms with van der Waals surface area (Å²) in [6, 6.07) is 19.1. The van der Waals surface area contributed by atoms with Crippen LogP contribution in [0.4, 0.5) is 0 Å². The van der Waals surface area contributed by atoms with Gasteiger partial charge in [0.2, 0.25) is 0 Å². The third-order valence-electron chi connectivity index (χ3n) is 4.45. The SMILES string of the molecule is NN1NC=C(CNC2CC2c2ccc(OCc3ccccc3)cc2)O1. The highest BCUT2D eigenvalue weighted by molar-refractivity contribution is 5.34. The van der Waals surface area contributed by atoms with Gasteiger partial charge in [-0.1, -0.05) is 42.5 Å². The fourth-order valence-corrected chi connectivity index (χ4v) is 2.97. The van der Waals surface area contributed by atoms with Gasteiger partial charge in [0.1, 0.15) is 12.4 Å². The molecular formula is C19H22N4O2. The van der Waals surface area contributed by atoms with Crippen LogP contribution >= 0.6 is 0 Å². The van der Waals surface area contributed by atoms with Crippen molar-refractivity contribution >= 4 is 0 Å². The summed E-state index contributed by atoms with van der Waals surface area (Å²) in [7, 11) is 0. The van der Waals surface area contributed by atoms with Crippen LogP contribution in [0.3, 0.4) is 0 Å². The lowest BCUT2D eigenvalue weighted by Crippen LogP contribution is -2.35. The summed E-state index contributed by atoms with van der Waals surface area (Å²) in [6.07, 6.45) is 2.89. The molecule has 0 aromatic heterocycles. The van der Waals surface area contributed by atoms with Crippen LogP contribution in [-0.2, 0) is 11.4 Å². The lowest BCUT2D eigenvalue weighted by atomic mass is 10.1. The molecule has 4 rings (SSSR count). The lowest BCUT2D eigenvalue weighted by Gasteiger charge is -2.09. The highest BCUT2D eigenvalue weighted by Crippen LogP contribution is 2.41. The van der Waals surface area contributed by atoms with Gasteiger partial charge in [-0.25, -0.2) is 5.84 Å². The van der Waals surface area contributed by atoms with E-state index in [1.54, 1.807) is 6.20 Å².